The number of nitrogens with zero attached hydrogens (tertiary/aromatic N) is 2. The van der Waals surface area contributed by atoms with Crippen molar-refractivity contribution in [3.8, 4) is 0 Å². The van der Waals surface area contributed by atoms with Crippen LogP contribution in [0.2, 0.25) is 0 Å². The first-order chi connectivity index (χ1) is 7.03. The number of rotatable bonds is 2. The summed E-state index contributed by atoms with van der Waals surface area (Å²) in [7, 11) is 0. The van der Waals surface area contributed by atoms with Crippen molar-refractivity contribution >= 4 is 11.2 Å². The van der Waals surface area contributed by atoms with Gasteiger partial charge < -0.3 is 10.7 Å². The molecule has 2 rings (SSSR count). The summed E-state index contributed by atoms with van der Waals surface area (Å²) in [4.78, 5) is 11.9. The van der Waals surface area contributed by atoms with Gasteiger partial charge in [-0.3, -0.25) is 0 Å². The summed E-state index contributed by atoms with van der Waals surface area (Å²) in [5.74, 6) is 0.804. The Labute approximate surface area is 88.9 Å². The molecule has 15 heavy (non-hydrogen) atoms. The van der Waals surface area contributed by atoms with Crippen molar-refractivity contribution in [3.63, 3.8) is 0 Å². The number of pyridine rings is 1. The first kappa shape index (κ1) is 10.1. The molecule has 1 atom stereocenters. The molecule has 1 unspecified atom stereocenters. The van der Waals surface area contributed by atoms with Gasteiger partial charge in [-0.2, -0.15) is 0 Å². The monoisotopic (exact) mass is 204 g/mol. The largest absolute Gasteiger partial charge is 0.339 e. The molecular weight excluding hydrogens is 188 g/mol. The number of aryl methyl sites for hydroxylation is 1. The van der Waals surface area contributed by atoms with Gasteiger partial charge in [0.1, 0.15) is 5.82 Å². The van der Waals surface area contributed by atoms with E-state index in [9.17, 15) is 0 Å². The van der Waals surface area contributed by atoms with E-state index in [4.69, 9.17) is 5.73 Å². The molecule has 2 heterocycles. The maximum atomic E-state index is 6.12. The molecule has 0 bridgehead atoms. The van der Waals surface area contributed by atoms with Gasteiger partial charge in [0.25, 0.3) is 0 Å². The molecule has 0 saturated heterocycles. The van der Waals surface area contributed by atoms with Crippen LogP contribution < -0.4 is 5.73 Å². The first-order valence-corrected chi connectivity index (χ1v) is 5.14. The zero-order valence-electron chi connectivity index (χ0n) is 9.33. The van der Waals surface area contributed by atoms with E-state index in [1.54, 1.807) is 0 Å². The number of hydrogen-bond acceptors (Lipinski definition) is 3. The van der Waals surface area contributed by atoms with Gasteiger partial charge in [0.05, 0.1) is 11.1 Å². The second-order valence-corrected chi connectivity index (χ2v) is 4.24. The Balaban J connectivity index is 2.56. The van der Waals surface area contributed by atoms with Gasteiger partial charge in [0.2, 0.25) is 0 Å². The third-order valence-corrected chi connectivity index (χ3v) is 2.75. The fourth-order valence-corrected chi connectivity index (χ4v) is 1.44. The molecule has 0 aliphatic heterocycles. The van der Waals surface area contributed by atoms with E-state index in [-0.39, 0.29) is 0 Å². The van der Waals surface area contributed by atoms with Crippen LogP contribution in [0.4, 0.5) is 0 Å². The van der Waals surface area contributed by atoms with E-state index < -0.39 is 5.54 Å². The molecule has 2 aromatic heterocycles. The third kappa shape index (κ3) is 1.72. The molecule has 0 amide bonds. The summed E-state index contributed by atoms with van der Waals surface area (Å²) < 4.78 is 0. The molecule has 4 heteroatoms. The van der Waals surface area contributed by atoms with Gasteiger partial charge in [-0.1, -0.05) is 6.92 Å². The Hall–Kier alpha value is -1.42. The van der Waals surface area contributed by atoms with Crippen molar-refractivity contribution < 1.29 is 0 Å². The number of H-pyrrole nitrogens is 1. The highest BCUT2D eigenvalue weighted by molar-refractivity contribution is 5.71. The minimum Gasteiger partial charge on any atom is -0.339 e. The zero-order chi connectivity index (χ0) is 11.1. The average molecular weight is 204 g/mol. The molecule has 80 valence electrons. The Morgan fingerprint density at radius 1 is 1.53 bits per heavy atom. The highest BCUT2D eigenvalue weighted by Crippen LogP contribution is 2.20. The standard InChI is InChI=1S/C11H16N4/c1-4-11(3,12)10-14-8-5-7(2)6-13-9(8)15-10/h5-6H,4,12H2,1-3H3,(H,13,14,15). The number of hydrogen-bond donors (Lipinski definition) is 2. The summed E-state index contributed by atoms with van der Waals surface area (Å²) in [6.45, 7) is 6.03. The summed E-state index contributed by atoms with van der Waals surface area (Å²) >= 11 is 0. The topological polar surface area (TPSA) is 67.6 Å². The highest BCUT2D eigenvalue weighted by atomic mass is 15.0. The lowest BCUT2D eigenvalue weighted by atomic mass is 10.0. The second kappa shape index (κ2) is 3.31. The SMILES string of the molecule is CCC(C)(N)c1nc2ncc(C)cc2[nH]1. The fourth-order valence-electron chi connectivity index (χ4n) is 1.44. The smallest absolute Gasteiger partial charge is 0.177 e. The molecule has 3 N–H and O–H groups in total. The minimum absolute atomic E-state index is 0.408. The van der Waals surface area contributed by atoms with Crippen LogP contribution in [0, 0.1) is 6.92 Å². The average Bonchev–Trinajstić information content (AvgIpc) is 2.61. The maximum Gasteiger partial charge on any atom is 0.177 e. The van der Waals surface area contributed by atoms with Gasteiger partial charge in [-0.05, 0) is 31.9 Å². The molecule has 0 aliphatic rings. The zero-order valence-corrected chi connectivity index (χ0v) is 9.33. The van der Waals surface area contributed by atoms with Crippen LogP contribution in [0.15, 0.2) is 12.3 Å². The van der Waals surface area contributed by atoms with E-state index in [1.807, 2.05) is 33.0 Å². The van der Waals surface area contributed by atoms with Crippen molar-refractivity contribution in [1.82, 2.24) is 15.0 Å². The predicted octanol–water partition coefficient (Wildman–Crippen LogP) is 1.85. The minimum atomic E-state index is -0.408. The number of aromatic amines is 1. The van der Waals surface area contributed by atoms with Crippen LogP contribution in [-0.2, 0) is 5.54 Å². The summed E-state index contributed by atoms with van der Waals surface area (Å²) in [5, 5.41) is 0. The lowest BCUT2D eigenvalue weighted by Crippen LogP contribution is -2.33. The van der Waals surface area contributed by atoms with Gasteiger partial charge in [-0.15, -0.1) is 0 Å². The van der Waals surface area contributed by atoms with Gasteiger partial charge in [0, 0.05) is 6.20 Å². The van der Waals surface area contributed by atoms with Crippen molar-refractivity contribution in [1.29, 1.82) is 0 Å². The normalized spacial score (nSPS) is 15.5. The van der Waals surface area contributed by atoms with Gasteiger partial charge in [-0.25, -0.2) is 9.97 Å². The molecule has 2 aromatic rings. The molecule has 0 radical (unpaired) electrons. The molecule has 0 saturated carbocycles. The fraction of sp³-hybridized carbons (Fsp3) is 0.455. The van der Waals surface area contributed by atoms with Crippen molar-refractivity contribution in [2.24, 2.45) is 5.73 Å². The van der Waals surface area contributed by atoms with E-state index >= 15 is 0 Å². The number of fused-ring (bicyclic) bond motifs is 1. The van der Waals surface area contributed by atoms with E-state index in [2.05, 4.69) is 15.0 Å². The van der Waals surface area contributed by atoms with Crippen molar-refractivity contribution in [2.75, 3.05) is 0 Å². The Morgan fingerprint density at radius 3 is 2.93 bits per heavy atom. The van der Waals surface area contributed by atoms with Crippen LogP contribution in [0.5, 0.6) is 0 Å². The van der Waals surface area contributed by atoms with Crippen LogP contribution in [0.1, 0.15) is 31.7 Å². The van der Waals surface area contributed by atoms with Crippen LogP contribution in [0.3, 0.4) is 0 Å². The summed E-state index contributed by atoms with van der Waals surface area (Å²) in [5.41, 5.74) is 8.52. The molecule has 0 aromatic carbocycles. The molecule has 0 fully saturated rings. The van der Waals surface area contributed by atoms with E-state index in [1.165, 1.54) is 0 Å². The second-order valence-electron chi connectivity index (χ2n) is 4.24. The molecule has 4 nitrogen and oxygen atoms in total. The molecule has 0 spiro atoms. The lowest BCUT2D eigenvalue weighted by Gasteiger charge is -2.18. The lowest BCUT2D eigenvalue weighted by molar-refractivity contribution is 0.451. The molecule has 0 aliphatic carbocycles. The Kier molecular flexibility index (Phi) is 2.23. The highest BCUT2D eigenvalue weighted by Gasteiger charge is 2.22. The van der Waals surface area contributed by atoms with Gasteiger partial charge >= 0.3 is 0 Å². The third-order valence-electron chi connectivity index (χ3n) is 2.75. The number of nitrogens with two attached hydrogens (primary N) is 1. The molecular formula is C11H16N4. The maximum absolute atomic E-state index is 6.12. The van der Waals surface area contributed by atoms with Crippen LogP contribution in [0.25, 0.3) is 11.2 Å². The number of aromatic nitrogens is 3. The van der Waals surface area contributed by atoms with E-state index in [0.29, 0.717) is 0 Å². The van der Waals surface area contributed by atoms with Crippen molar-refractivity contribution in [2.45, 2.75) is 32.7 Å². The van der Waals surface area contributed by atoms with Crippen LogP contribution >= 0.6 is 0 Å². The summed E-state index contributed by atoms with van der Waals surface area (Å²) in [6.07, 6.45) is 2.65. The van der Waals surface area contributed by atoms with Gasteiger partial charge in [0.15, 0.2) is 5.65 Å². The summed E-state index contributed by atoms with van der Waals surface area (Å²) in [6, 6.07) is 2.03. The quantitative estimate of drug-likeness (QED) is 0.784. The Morgan fingerprint density at radius 2 is 2.27 bits per heavy atom. The number of nitrogens with one attached hydrogen (secondary N) is 1. The number of imidazole rings is 1. The van der Waals surface area contributed by atoms with E-state index in [0.717, 1.165) is 29.0 Å². The Bertz CT molecular complexity index is 484. The van der Waals surface area contributed by atoms with Crippen LogP contribution in [-0.4, -0.2) is 15.0 Å². The van der Waals surface area contributed by atoms with Crippen molar-refractivity contribution in [3.05, 3.63) is 23.7 Å². The first-order valence-electron chi connectivity index (χ1n) is 5.14. The predicted molar refractivity (Wildman–Crippen MR) is 60.5 cm³/mol.